The molecule has 5 aromatic rings. The van der Waals surface area contributed by atoms with E-state index in [1.807, 2.05) is 6.07 Å². The Morgan fingerprint density at radius 1 is 1.11 bits per heavy atom. The van der Waals surface area contributed by atoms with Gasteiger partial charge in [-0.2, -0.15) is 4.68 Å². The highest BCUT2D eigenvalue weighted by molar-refractivity contribution is 6.31. The minimum Gasteiger partial charge on any atom is -0.478 e. The maximum atomic E-state index is 13.4. The Balaban J connectivity index is 1.39. The Kier molecular flexibility index (Phi) is 5.23. The van der Waals surface area contributed by atoms with Crippen molar-refractivity contribution in [1.29, 1.82) is 0 Å². The number of nitrogens with zero attached hydrogens (tertiary/aromatic N) is 6. The van der Waals surface area contributed by atoms with Gasteiger partial charge in [0.1, 0.15) is 12.2 Å². The molecule has 0 aliphatic carbocycles. The molecule has 1 atom stereocenters. The Bertz CT molecular complexity index is 1670. The molecule has 0 fully saturated rings. The van der Waals surface area contributed by atoms with Gasteiger partial charge in [0.15, 0.2) is 0 Å². The summed E-state index contributed by atoms with van der Waals surface area (Å²) in [4.78, 5) is 32.7. The van der Waals surface area contributed by atoms with Gasteiger partial charge in [-0.3, -0.25) is 4.79 Å². The van der Waals surface area contributed by atoms with E-state index in [0.29, 0.717) is 40.6 Å². The van der Waals surface area contributed by atoms with E-state index in [4.69, 9.17) is 11.6 Å². The number of aryl methyl sites for hydroxylation is 1. The molecule has 0 bridgehead atoms. The molecule has 1 aliphatic heterocycles. The van der Waals surface area contributed by atoms with E-state index in [9.17, 15) is 14.7 Å². The van der Waals surface area contributed by atoms with Crippen LogP contribution in [0.4, 0.5) is 0 Å². The number of carboxylic acid groups (broad SMARTS) is 1. The molecule has 0 spiro atoms. The van der Waals surface area contributed by atoms with Crippen LogP contribution < -0.4 is 5.56 Å². The quantitative estimate of drug-likeness (QED) is 0.376. The number of hydrogen-bond donors (Lipinski definition) is 2. The fourth-order valence-electron chi connectivity index (χ4n) is 4.77. The second-order valence-electron chi connectivity index (χ2n) is 8.45. The lowest BCUT2D eigenvalue weighted by Gasteiger charge is -2.15. The van der Waals surface area contributed by atoms with Crippen LogP contribution >= 0.6 is 11.6 Å². The number of aromatic amines is 1. The fraction of sp³-hybridized carbons (Fsp3) is 0.120. The highest BCUT2D eigenvalue weighted by Gasteiger charge is 2.28. The molecule has 0 saturated heterocycles. The molecule has 1 aliphatic rings. The van der Waals surface area contributed by atoms with Crippen LogP contribution in [-0.2, 0) is 6.42 Å². The third kappa shape index (κ3) is 3.68. The predicted molar refractivity (Wildman–Crippen MR) is 131 cm³/mol. The van der Waals surface area contributed by atoms with E-state index in [1.165, 1.54) is 11.0 Å². The summed E-state index contributed by atoms with van der Waals surface area (Å²) in [6.07, 6.45) is 4.46. The minimum absolute atomic E-state index is 0.170. The maximum absolute atomic E-state index is 13.4. The topological polar surface area (TPSA) is 132 Å². The number of H-pyrrole nitrogens is 1. The molecule has 2 N–H and O–H groups in total. The number of imidazole rings is 1. The summed E-state index contributed by atoms with van der Waals surface area (Å²) >= 11 is 6.28. The van der Waals surface area contributed by atoms with Crippen molar-refractivity contribution in [3.63, 3.8) is 0 Å². The lowest BCUT2D eigenvalue weighted by Crippen LogP contribution is -2.23. The van der Waals surface area contributed by atoms with Gasteiger partial charge < -0.3 is 14.7 Å². The smallest absolute Gasteiger partial charge is 0.336 e. The number of aromatic carboxylic acids is 1. The van der Waals surface area contributed by atoms with Crippen molar-refractivity contribution in [2.24, 2.45) is 0 Å². The predicted octanol–water partition coefficient (Wildman–Crippen LogP) is 3.77. The number of aromatic nitrogens is 7. The Morgan fingerprint density at radius 3 is 2.78 bits per heavy atom. The summed E-state index contributed by atoms with van der Waals surface area (Å²) in [6, 6.07) is 15.3. The number of carbonyl (C=O) groups is 1. The van der Waals surface area contributed by atoms with Gasteiger partial charge in [-0.1, -0.05) is 29.8 Å². The van der Waals surface area contributed by atoms with Crippen molar-refractivity contribution in [1.82, 2.24) is 34.7 Å². The highest BCUT2D eigenvalue weighted by Crippen LogP contribution is 2.34. The van der Waals surface area contributed by atoms with Gasteiger partial charge in [0.25, 0.3) is 5.56 Å². The molecule has 2 aromatic carbocycles. The van der Waals surface area contributed by atoms with Gasteiger partial charge in [-0.25, -0.2) is 9.78 Å². The summed E-state index contributed by atoms with van der Waals surface area (Å²) in [6.45, 7) is 0. The first-order valence-electron chi connectivity index (χ1n) is 11.2. The summed E-state index contributed by atoms with van der Waals surface area (Å²) in [7, 11) is 0. The van der Waals surface area contributed by atoms with Crippen LogP contribution in [-0.4, -0.2) is 45.8 Å². The second-order valence-corrected chi connectivity index (χ2v) is 8.88. The summed E-state index contributed by atoms with van der Waals surface area (Å²) in [5.41, 5.74) is 4.18. The van der Waals surface area contributed by atoms with Gasteiger partial charge in [-0.15, -0.1) is 5.10 Å². The molecule has 11 heteroatoms. The van der Waals surface area contributed by atoms with Crippen LogP contribution in [0, 0.1) is 0 Å². The summed E-state index contributed by atoms with van der Waals surface area (Å²) in [5.74, 6) is -0.408. The molecule has 36 heavy (non-hydrogen) atoms. The van der Waals surface area contributed by atoms with Crippen molar-refractivity contribution in [2.45, 2.75) is 18.9 Å². The van der Waals surface area contributed by atoms with Crippen molar-refractivity contribution in [3.8, 4) is 28.1 Å². The lowest BCUT2D eigenvalue weighted by atomic mass is 10.0. The zero-order valence-corrected chi connectivity index (χ0v) is 19.4. The molecule has 10 nitrogen and oxygen atoms in total. The van der Waals surface area contributed by atoms with E-state index in [1.54, 1.807) is 59.3 Å². The third-order valence-corrected chi connectivity index (χ3v) is 6.59. The highest BCUT2D eigenvalue weighted by atomic mass is 35.5. The Hall–Kier alpha value is -4.57. The number of fused-ring (bicyclic) bond motifs is 1. The van der Waals surface area contributed by atoms with Gasteiger partial charge in [0, 0.05) is 27.9 Å². The van der Waals surface area contributed by atoms with Gasteiger partial charge in [0.2, 0.25) is 0 Å². The van der Waals surface area contributed by atoms with Crippen LogP contribution in [0.5, 0.6) is 0 Å². The zero-order chi connectivity index (χ0) is 24.8. The first kappa shape index (κ1) is 21.9. The van der Waals surface area contributed by atoms with E-state index < -0.39 is 5.97 Å². The average Bonchev–Trinajstić information content (AvgIpc) is 3.64. The van der Waals surface area contributed by atoms with E-state index in [-0.39, 0.29) is 17.2 Å². The maximum Gasteiger partial charge on any atom is 0.336 e. The first-order chi connectivity index (χ1) is 17.5. The average molecular weight is 500 g/mol. The van der Waals surface area contributed by atoms with Crippen molar-refractivity contribution in [2.75, 3.05) is 0 Å². The number of nitrogens with one attached hydrogen (secondary N) is 1. The van der Waals surface area contributed by atoms with Crippen molar-refractivity contribution >= 4 is 17.6 Å². The number of rotatable bonds is 5. The van der Waals surface area contributed by atoms with Gasteiger partial charge in [-0.05, 0) is 59.2 Å². The van der Waals surface area contributed by atoms with Crippen molar-refractivity contribution in [3.05, 3.63) is 99.6 Å². The van der Waals surface area contributed by atoms with Crippen molar-refractivity contribution < 1.29 is 9.90 Å². The largest absolute Gasteiger partial charge is 0.478 e. The SMILES string of the molecule is O=C(O)c1ccccc1-c1cnc([C@@H]2CCc3cc(-c4cc(Cl)ccc4-n4cnnn4)cc(=O)n32)[nH]1. The Morgan fingerprint density at radius 2 is 1.97 bits per heavy atom. The number of carboxylic acids is 1. The molecule has 0 saturated carbocycles. The number of hydrogen-bond acceptors (Lipinski definition) is 6. The number of tetrazole rings is 1. The lowest BCUT2D eigenvalue weighted by molar-refractivity contribution is 0.0697. The van der Waals surface area contributed by atoms with Gasteiger partial charge in [0.05, 0.1) is 29.2 Å². The van der Waals surface area contributed by atoms with Crippen LogP contribution in [0.15, 0.2) is 71.9 Å². The normalized spacial score (nSPS) is 14.6. The standard InChI is InChI=1S/C25H18ClN7O3/c26-15-5-7-21(32-13-28-30-31-32)19(11-15)14-9-16-6-8-22(33(16)23(34)10-14)24-27-12-20(29-24)17-3-1-2-4-18(17)25(35)36/h1-5,7,9-13,22H,6,8H2,(H,27,29)(H,35,36)/t22-/m0/s1. The molecule has 3 aromatic heterocycles. The third-order valence-electron chi connectivity index (χ3n) is 6.36. The first-order valence-corrected chi connectivity index (χ1v) is 11.5. The molecular weight excluding hydrogens is 482 g/mol. The minimum atomic E-state index is -1.02. The van der Waals surface area contributed by atoms with E-state index >= 15 is 0 Å². The fourth-order valence-corrected chi connectivity index (χ4v) is 4.94. The molecule has 6 rings (SSSR count). The number of pyridine rings is 1. The molecule has 4 heterocycles. The van der Waals surface area contributed by atoms with Crippen LogP contribution in [0.25, 0.3) is 28.1 Å². The zero-order valence-electron chi connectivity index (χ0n) is 18.7. The monoisotopic (exact) mass is 499 g/mol. The number of halogens is 1. The summed E-state index contributed by atoms with van der Waals surface area (Å²) < 4.78 is 3.26. The van der Waals surface area contributed by atoms with Crippen LogP contribution in [0.3, 0.4) is 0 Å². The van der Waals surface area contributed by atoms with Gasteiger partial charge >= 0.3 is 5.97 Å². The molecule has 0 radical (unpaired) electrons. The number of benzene rings is 2. The van der Waals surface area contributed by atoms with Crippen LogP contribution in [0.2, 0.25) is 5.02 Å². The molecular formula is C25H18ClN7O3. The van der Waals surface area contributed by atoms with Crippen LogP contribution in [0.1, 0.15) is 34.3 Å². The molecule has 178 valence electrons. The second kappa shape index (κ2) is 8.58. The molecule has 0 unspecified atom stereocenters. The summed E-state index contributed by atoms with van der Waals surface area (Å²) in [5, 5.41) is 21.4. The van der Waals surface area contributed by atoms with E-state index in [0.717, 1.165) is 16.8 Å². The van der Waals surface area contributed by atoms with E-state index in [2.05, 4.69) is 25.5 Å². The molecule has 0 amide bonds. The Labute approximate surface area is 208 Å².